The van der Waals surface area contributed by atoms with E-state index in [1.807, 2.05) is 0 Å². The zero-order valence-electron chi connectivity index (χ0n) is 10.6. The second kappa shape index (κ2) is 4.42. The number of piperidine rings is 1. The zero-order chi connectivity index (χ0) is 10.9. The van der Waals surface area contributed by atoms with Crippen molar-refractivity contribution >= 4 is 0 Å². The van der Waals surface area contributed by atoms with Crippen molar-refractivity contribution in [2.75, 3.05) is 26.7 Å². The number of hydrogen-bond acceptors (Lipinski definition) is 2. The van der Waals surface area contributed by atoms with E-state index in [1.165, 1.54) is 45.3 Å². The highest BCUT2D eigenvalue weighted by Gasteiger charge is 2.34. The van der Waals surface area contributed by atoms with Crippen LogP contribution in [0, 0.1) is 11.3 Å². The van der Waals surface area contributed by atoms with Crippen LogP contribution in [0.5, 0.6) is 0 Å². The van der Waals surface area contributed by atoms with Crippen molar-refractivity contribution in [1.82, 2.24) is 10.2 Å². The summed E-state index contributed by atoms with van der Waals surface area (Å²) in [7, 11) is 2.32. The van der Waals surface area contributed by atoms with Gasteiger partial charge in [-0.3, -0.25) is 0 Å². The first-order valence-corrected chi connectivity index (χ1v) is 6.52. The van der Waals surface area contributed by atoms with Gasteiger partial charge in [0.2, 0.25) is 0 Å². The molecule has 0 bridgehead atoms. The van der Waals surface area contributed by atoms with Crippen LogP contribution >= 0.6 is 0 Å². The summed E-state index contributed by atoms with van der Waals surface area (Å²) in [5, 5.41) is 3.46. The van der Waals surface area contributed by atoms with E-state index in [1.54, 1.807) is 0 Å². The van der Waals surface area contributed by atoms with Gasteiger partial charge in [-0.1, -0.05) is 6.92 Å². The van der Waals surface area contributed by atoms with Crippen molar-refractivity contribution < 1.29 is 0 Å². The average Bonchev–Trinajstić information content (AvgIpc) is 3.00. The van der Waals surface area contributed by atoms with Crippen LogP contribution in [0.2, 0.25) is 0 Å². The molecule has 1 N–H and O–H groups in total. The van der Waals surface area contributed by atoms with Crippen molar-refractivity contribution in [3.63, 3.8) is 0 Å². The van der Waals surface area contributed by atoms with Crippen LogP contribution in [-0.4, -0.2) is 37.6 Å². The Bertz CT molecular complexity index is 205. The summed E-state index contributed by atoms with van der Waals surface area (Å²) < 4.78 is 0. The molecule has 2 nitrogen and oxygen atoms in total. The van der Waals surface area contributed by atoms with E-state index in [9.17, 15) is 0 Å². The molecule has 88 valence electrons. The molecule has 1 atom stereocenters. The summed E-state index contributed by atoms with van der Waals surface area (Å²) in [5.74, 6) is 1.00. The lowest BCUT2D eigenvalue weighted by Crippen LogP contribution is -2.44. The largest absolute Gasteiger partial charge is 0.317 e. The highest BCUT2D eigenvalue weighted by atomic mass is 15.1. The van der Waals surface area contributed by atoms with E-state index in [0.717, 1.165) is 12.0 Å². The van der Waals surface area contributed by atoms with Crippen LogP contribution in [0.1, 0.15) is 39.5 Å². The van der Waals surface area contributed by atoms with Gasteiger partial charge in [0.25, 0.3) is 0 Å². The standard InChI is InChI=1S/C13H26N2/c1-11(12-4-5-12)15(3)10-13(2)6-8-14-9-7-13/h11-12,14H,4-10H2,1-3H3. The summed E-state index contributed by atoms with van der Waals surface area (Å²) in [5.41, 5.74) is 0.559. The smallest absolute Gasteiger partial charge is 0.00923 e. The van der Waals surface area contributed by atoms with Gasteiger partial charge in [-0.05, 0) is 64.1 Å². The molecular weight excluding hydrogens is 184 g/mol. The SMILES string of the molecule is CC(C1CC1)N(C)CC1(C)CCNCC1. The lowest BCUT2D eigenvalue weighted by molar-refractivity contribution is 0.114. The fourth-order valence-electron chi connectivity index (χ4n) is 2.87. The molecule has 1 unspecified atom stereocenters. The van der Waals surface area contributed by atoms with E-state index in [-0.39, 0.29) is 0 Å². The Labute approximate surface area is 94.4 Å². The molecule has 1 saturated heterocycles. The van der Waals surface area contributed by atoms with E-state index < -0.39 is 0 Å². The quantitative estimate of drug-likeness (QED) is 0.764. The number of hydrogen-bond donors (Lipinski definition) is 1. The van der Waals surface area contributed by atoms with Crippen LogP contribution in [0.3, 0.4) is 0 Å². The van der Waals surface area contributed by atoms with Crippen LogP contribution in [0.4, 0.5) is 0 Å². The Morgan fingerprint density at radius 2 is 1.93 bits per heavy atom. The summed E-state index contributed by atoms with van der Waals surface area (Å²) in [6.45, 7) is 8.57. The Morgan fingerprint density at radius 1 is 1.33 bits per heavy atom. The normalized spacial score (nSPS) is 28.0. The predicted octanol–water partition coefficient (Wildman–Crippen LogP) is 2.11. The Balaban J connectivity index is 1.82. The fraction of sp³-hybridized carbons (Fsp3) is 1.00. The van der Waals surface area contributed by atoms with E-state index in [4.69, 9.17) is 0 Å². The Kier molecular flexibility index (Phi) is 3.36. The summed E-state index contributed by atoms with van der Waals surface area (Å²) in [4.78, 5) is 2.60. The lowest BCUT2D eigenvalue weighted by Gasteiger charge is -2.39. The Hall–Kier alpha value is -0.0800. The van der Waals surface area contributed by atoms with E-state index in [2.05, 4.69) is 31.1 Å². The first-order valence-electron chi connectivity index (χ1n) is 6.52. The average molecular weight is 210 g/mol. The molecule has 1 aliphatic carbocycles. The molecule has 15 heavy (non-hydrogen) atoms. The minimum atomic E-state index is 0.559. The van der Waals surface area contributed by atoms with Crippen LogP contribution in [0.15, 0.2) is 0 Å². The molecule has 0 aromatic heterocycles. The molecule has 0 amide bonds. The number of nitrogens with zero attached hydrogens (tertiary/aromatic N) is 1. The topological polar surface area (TPSA) is 15.3 Å². The minimum Gasteiger partial charge on any atom is -0.317 e. The zero-order valence-corrected chi connectivity index (χ0v) is 10.6. The summed E-state index contributed by atoms with van der Waals surface area (Å²) in [6.07, 6.45) is 5.61. The minimum absolute atomic E-state index is 0.559. The molecule has 2 aliphatic rings. The van der Waals surface area contributed by atoms with Crippen molar-refractivity contribution in [1.29, 1.82) is 0 Å². The molecule has 1 aliphatic heterocycles. The molecule has 0 spiro atoms. The van der Waals surface area contributed by atoms with Gasteiger partial charge in [0.05, 0.1) is 0 Å². The molecule has 0 radical (unpaired) electrons. The second-order valence-corrected chi connectivity index (χ2v) is 6.05. The molecule has 2 fully saturated rings. The van der Waals surface area contributed by atoms with Crippen molar-refractivity contribution in [3.8, 4) is 0 Å². The maximum Gasteiger partial charge on any atom is 0.00923 e. The van der Waals surface area contributed by atoms with Gasteiger partial charge in [0.15, 0.2) is 0 Å². The van der Waals surface area contributed by atoms with Crippen LogP contribution < -0.4 is 5.32 Å². The predicted molar refractivity (Wildman–Crippen MR) is 65.0 cm³/mol. The van der Waals surface area contributed by atoms with Gasteiger partial charge < -0.3 is 10.2 Å². The Morgan fingerprint density at radius 3 is 2.47 bits per heavy atom. The highest BCUT2D eigenvalue weighted by molar-refractivity contribution is 4.88. The third-order valence-electron chi connectivity index (χ3n) is 4.44. The lowest BCUT2D eigenvalue weighted by atomic mass is 9.80. The molecule has 2 rings (SSSR count). The van der Waals surface area contributed by atoms with Crippen molar-refractivity contribution in [2.45, 2.75) is 45.6 Å². The first kappa shape index (κ1) is 11.4. The maximum atomic E-state index is 3.46. The van der Waals surface area contributed by atoms with Crippen LogP contribution in [-0.2, 0) is 0 Å². The molecule has 1 heterocycles. The summed E-state index contributed by atoms with van der Waals surface area (Å²) in [6, 6.07) is 0.803. The first-order chi connectivity index (χ1) is 7.11. The monoisotopic (exact) mass is 210 g/mol. The maximum absolute atomic E-state index is 3.46. The van der Waals surface area contributed by atoms with E-state index >= 15 is 0 Å². The molecule has 0 aromatic carbocycles. The highest BCUT2D eigenvalue weighted by Crippen LogP contribution is 2.36. The van der Waals surface area contributed by atoms with Crippen molar-refractivity contribution in [3.05, 3.63) is 0 Å². The van der Waals surface area contributed by atoms with E-state index in [0.29, 0.717) is 5.41 Å². The van der Waals surface area contributed by atoms with Gasteiger partial charge in [-0.2, -0.15) is 0 Å². The fourth-order valence-corrected chi connectivity index (χ4v) is 2.87. The van der Waals surface area contributed by atoms with Gasteiger partial charge >= 0.3 is 0 Å². The van der Waals surface area contributed by atoms with Gasteiger partial charge in [-0.15, -0.1) is 0 Å². The van der Waals surface area contributed by atoms with Crippen molar-refractivity contribution in [2.24, 2.45) is 11.3 Å². The number of rotatable bonds is 4. The molecule has 0 aromatic rings. The van der Waals surface area contributed by atoms with Gasteiger partial charge in [0.1, 0.15) is 0 Å². The summed E-state index contributed by atoms with van der Waals surface area (Å²) >= 11 is 0. The van der Waals surface area contributed by atoms with Crippen LogP contribution in [0.25, 0.3) is 0 Å². The molecular formula is C13H26N2. The molecule has 2 heteroatoms. The second-order valence-electron chi connectivity index (χ2n) is 6.05. The third-order valence-corrected chi connectivity index (χ3v) is 4.44. The molecule has 1 saturated carbocycles. The van der Waals surface area contributed by atoms with Gasteiger partial charge in [-0.25, -0.2) is 0 Å². The number of nitrogens with one attached hydrogen (secondary N) is 1. The third kappa shape index (κ3) is 2.94. The van der Waals surface area contributed by atoms with Gasteiger partial charge in [0, 0.05) is 12.6 Å².